The number of thiophene rings is 1. The van der Waals surface area contributed by atoms with Gasteiger partial charge < -0.3 is 5.73 Å². The Labute approximate surface area is 104 Å². The molecular formula is C12H18BrNS. The summed E-state index contributed by atoms with van der Waals surface area (Å²) < 4.78 is 1.23. The lowest BCUT2D eigenvalue weighted by molar-refractivity contribution is 0.205. The Kier molecular flexibility index (Phi) is 3.53. The van der Waals surface area contributed by atoms with Crippen molar-refractivity contribution >= 4 is 27.3 Å². The minimum atomic E-state index is 0.0334. The SMILES string of the molecule is CC1CCCCC1(N)Cc1sccc1Br. The summed E-state index contributed by atoms with van der Waals surface area (Å²) in [6, 6.07) is 2.12. The predicted octanol–water partition coefficient (Wildman–Crippen LogP) is 3.96. The summed E-state index contributed by atoms with van der Waals surface area (Å²) in [5.74, 6) is 0.653. The molecule has 1 aromatic rings. The highest BCUT2D eigenvalue weighted by Gasteiger charge is 2.34. The Bertz CT molecular complexity index is 336. The lowest BCUT2D eigenvalue weighted by Gasteiger charge is -2.39. The topological polar surface area (TPSA) is 26.0 Å². The van der Waals surface area contributed by atoms with E-state index >= 15 is 0 Å². The van der Waals surface area contributed by atoms with Crippen LogP contribution in [0.3, 0.4) is 0 Å². The lowest BCUT2D eigenvalue weighted by Crippen LogP contribution is -2.49. The Balaban J connectivity index is 2.12. The fourth-order valence-electron chi connectivity index (χ4n) is 2.45. The van der Waals surface area contributed by atoms with E-state index in [-0.39, 0.29) is 5.54 Å². The minimum absolute atomic E-state index is 0.0334. The molecule has 0 aromatic carbocycles. The second-order valence-electron chi connectivity index (χ2n) is 4.75. The van der Waals surface area contributed by atoms with E-state index in [1.165, 1.54) is 35.0 Å². The average molecular weight is 288 g/mol. The lowest BCUT2D eigenvalue weighted by atomic mass is 9.72. The molecule has 2 rings (SSSR count). The third-order valence-electron chi connectivity index (χ3n) is 3.69. The molecule has 2 unspecified atom stereocenters. The van der Waals surface area contributed by atoms with Crippen LogP contribution in [0, 0.1) is 5.92 Å². The molecule has 2 N–H and O–H groups in total. The van der Waals surface area contributed by atoms with Crippen molar-refractivity contribution in [2.24, 2.45) is 11.7 Å². The molecule has 1 nitrogen and oxygen atoms in total. The maximum atomic E-state index is 6.55. The molecule has 84 valence electrons. The summed E-state index contributed by atoms with van der Waals surface area (Å²) in [6.07, 6.45) is 6.15. The van der Waals surface area contributed by atoms with Gasteiger partial charge in [0.25, 0.3) is 0 Å². The third kappa shape index (κ3) is 2.45. The van der Waals surface area contributed by atoms with E-state index in [2.05, 4.69) is 34.3 Å². The molecule has 3 heteroatoms. The van der Waals surface area contributed by atoms with Gasteiger partial charge in [0.05, 0.1) is 0 Å². The van der Waals surface area contributed by atoms with Crippen molar-refractivity contribution < 1.29 is 0 Å². The van der Waals surface area contributed by atoms with E-state index in [9.17, 15) is 0 Å². The summed E-state index contributed by atoms with van der Waals surface area (Å²) >= 11 is 5.41. The molecule has 15 heavy (non-hydrogen) atoms. The number of halogens is 1. The van der Waals surface area contributed by atoms with Crippen LogP contribution in [-0.2, 0) is 6.42 Å². The third-order valence-corrected chi connectivity index (χ3v) is 5.62. The molecule has 1 aliphatic rings. The molecule has 2 atom stereocenters. The Morgan fingerprint density at radius 2 is 2.40 bits per heavy atom. The zero-order chi connectivity index (χ0) is 10.9. The van der Waals surface area contributed by atoms with Crippen molar-refractivity contribution in [3.8, 4) is 0 Å². The summed E-state index contributed by atoms with van der Waals surface area (Å²) in [5, 5.41) is 2.14. The van der Waals surface area contributed by atoms with Crippen molar-refractivity contribution in [3.05, 3.63) is 20.8 Å². The van der Waals surface area contributed by atoms with E-state index in [4.69, 9.17) is 5.73 Å². The predicted molar refractivity (Wildman–Crippen MR) is 70.3 cm³/mol. The van der Waals surface area contributed by atoms with Gasteiger partial charge in [0.1, 0.15) is 0 Å². The van der Waals surface area contributed by atoms with Crippen LogP contribution in [-0.4, -0.2) is 5.54 Å². The summed E-state index contributed by atoms with van der Waals surface area (Å²) in [5.41, 5.74) is 6.58. The molecule has 1 heterocycles. The fraction of sp³-hybridized carbons (Fsp3) is 0.667. The van der Waals surface area contributed by atoms with Gasteiger partial charge in [0.2, 0.25) is 0 Å². The smallest absolute Gasteiger partial charge is 0.0315 e. The summed E-state index contributed by atoms with van der Waals surface area (Å²) in [7, 11) is 0. The van der Waals surface area contributed by atoms with Gasteiger partial charge >= 0.3 is 0 Å². The molecule has 0 amide bonds. The van der Waals surface area contributed by atoms with Crippen LogP contribution in [0.5, 0.6) is 0 Å². The van der Waals surface area contributed by atoms with Crippen LogP contribution in [0.1, 0.15) is 37.5 Å². The van der Waals surface area contributed by atoms with Crippen molar-refractivity contribution in [2.45, 2.75) is 44.6 Å². The first-order valence-electron chi connectivity index (χ1n) is 5.62. The van der Waals surface area contributed by atoms with E-state index in [1.54, 1.807) is 0 Å². The number of rotatable bonds is 2. The summed E-state index contributed by atoms with van der Waals surface area (Å²) in [6.45, 7) is 2.31. The zero-order valence-corrected chi connectivity index (χ0v) is 11.5. The molecule has 0 radical (unpaired) electrons. The molecule has 0 saturated heterocycles. The van der Waals surface area contributed by atoms with Crippen LogP contribution in [0.25, 0.3) is 0 Å². The van der Waals surface area contributed by atoms with Crippen LogP contribution in [0.2, 0.25) is 0 Å². The highest BCUT2D eigenvalue weighted by Crippen LogP contribution is 2.36. The molecule has 0 spiro atoms. The van der Waals surface area contributed by atoms with Gasteiger partial charge in [0, 0.05) is 21.3 Å². The fourth-order valence-corrected chi connectivity index (χ4v) is 4.08. The van der Waals surface area contributed by atoms with Crippen LogP contribution < -0.4 is 5.73 Å². The second kappa shape index (κ2) is 4.56. The van der Waals surface area contributed by atoms with Gasteiger partial charge in [0.15, 0.2) is 0 Å². The van der Waals surface area contributed by atoms with E-state index in [0.29, 0.717) is 5.92 Å². The maximum absolute atomic E-state index is 6.55. The highest BCUT2D eigenvalue weighted by molar-refractivity contribution is 9.10. The van der Waals surface area contributed by atoms with Gasteiger partial charge in [-0.2, -0.15) is 0 Å². The van der Waals surface area contributed by atoms with Gasteiger partial charge in [-0.1, -0.05) is 19.8 Å². The number of nitrogens with two attached hydrogens (primary N) is 1. The molecule has 1 fully saturated rings. The zero-order valence-electron chi connectivity index (χ0n) is 9.13. The van der Waals surface area contributed by atoms with Gasteiger partial charge in [-0.25, -0.2) is 0 Å². The van der Waals surface area contributed by atoms with Crippen molar-refractivity contribution in [3.63, 3.8) is 0 Å². The van der Waals surface area contributed by atoms with Gasteiger partial charge in [-0.3, -0.25) is 0 Å². The van der Waals surface area contributed by atoms with Crippen LogP contribution in [0.15, 0.2) is 15.9 Å². The Hall–Kier alpha value is 0.140. The summed E-state index contributed by atoms with van der Waals surface area (Å²) in [4.78, 5) is 1.41. The molecule has 1 aromatic heterocycles. The standard InChI is InChI=1S/C12H18BrNS/c1-9-4-2-3-6-12(9,14)8-11-10(13)5-7-15-11/h5,7,9H,2-4,6,8,14H2,1H3. The van der Waals surface area contributed by atoms with Gasteiger partial charge in [-0.05, 0) is 46.1 Å². The Morgan fingerprint density at radius 3 is 3.00 bits per heavy atom. The first-order chi connectivity index (χ1) is 7.12. The van der Waals surface area contributed by atoms with E-state index in [0.717, 1.165) is 6.42 Å². The first-order valence-corrected chi connectivity index (χ1v) is 7.30. The van der Waals surface area contributed by atoms with E-state index < -0.39 is 0 Å². The number of hydrogen-bond acceptors (Lipinski definition) is 2. The van der Waals surface area contributed by atoms with Crippen molar-refractivity contribution in [2.75, 3.05) is 0 Å². The molecule has 1 saturated carbocycles. The van der Waals surface area contributed by atoms with Crippen LogP contribution in [0.4, 0.5) is 0 Å². The molecule has 0 bridgehead atoms. The minimum Gasteiger partial charge on any atom is -0.325 e. The Morgan fingerprint density at radius 1 is 1.60 bits per heavy atom. The van der Waals surface area contributed by atoms with Crippen molar-refractivity contribution in [1.82, 2.24) is 0 Å². The van der Waals surface area contributed by atoms with Crippen LogP contribution >= 0.6 is 27.3 Å². The average Bonchev–Trinajstić information content (AvgIpc) is 2.58. The number of hydrogen-bond donors (Lipinski definition) is 1. The van der Waals surface area contributed by atoms with E-state index in [1.807, 2.05) is 11.3 Å². The highest BCUT2D eigenvalue weighted by atomic mass is 79.9. The molecule has 1 aliphatic carbocycles. The first kappa shape index (κ1) is 11.6. The normalized spacial score (nSPS) is 31.8. The van der Waals surface area contributed by atoms with Crippen molar-refractivity contribution in [1.29, 1.82) is 0 Å². The molecular weight excluding hydrogens is 270 g/mol. The monoisotopic (exact) mass is 287 g/mol. The molecule has 0 aliphatic heterocycles. The van der Waals surface area contributed by atoms with Gasteiger partial charge in [-0.15, -0.1) is 11.3 Å². The largest absolute Gasteiger partial charge is 0.325 e. The quantitative estimate of drug-likeness (QED) is 0.875. The maximum Gasteiger partial charge on any atom is 0.0315 e. The second-order valence-corrected chi connectivity index (χ2v) is 6.60.